The third-order valence-electron chi connectivity index (χ3n) is 3.34. The Labute approximate surface area is 141 Å². The van der Waals surface area contributed by atoms with Crippen molar-refractivity contribution in [1.29, 1.82) is 0 Å². The van der Waals surface area contributed by atoms with Gasteiger partial charge in [-0.2, -0.15) is 0 Å². The molecule has 2 aromatic rings. The molecule has 0 spiro atoms. The molecule has 120 valence electrons. The number of ether oxygens (including phenoxy) is 1. The zero-order valence-corrected chi connectivity index (χ0v) is 14.0. The lowest BCUT2D eigenvalue weighted by Gasteiger charge is -2.06. The Morgan fingerprint density at radius 2 is 1.70 bits per heavy atom. The average molecular weight is 328 g/mol. The van der Waals surface area contributed by atoms with Crippen LogP contribution in [0.25, 0.3) is 11.1 Å². The predicted octanol–water partition coefficient (Wildman–Crippen LogP) is 4.67. The van der Waals surface area contributed by atoms with Crippen LogP contribution in [0.1, 0.15) is 12.0 Å². The maximum absolute atomic E-state index is 11.2. The van der Waals surface area contributed by atoms with Gasteiger partial charge in [0.2, 0.25) is 0 Å². The summed E-state index contributed by atoms with van der Waals surface area (Å²) in [4.78, 5) is 11.2. The summed E-state index contributed by atoms with van der Waals surface area (Å²) in [5.41, 5.74) is 3.52. The minimum atomic E-state index is -0.451. The highest BCUT2D eigenvalue weighted by atomic mass is 32.2. The van der Waals surface area contributed by atoms with Crippen LogP contribution in [0, 0.1) is 0 Å². The molecule has 23 heavy (non-hydrogen) atoms. The van der Waals surface area contributed by atoms with Gasteiger partial charge in [-0.1, -0.05) is 43.0 Å². The molecular formula is C19H20O3S. The molecule has 4 heteroatoms. The summed E-state index contributed by atoms with van der Waals surface area (Å²) in [6.45, 7) is 4.15. The molecule has 0 heterocycles. The van der Waals surface area contributed by atoms with Crippen molar-refractivity contribution in [3.8, 4) is 16.9 Å². The first-order chi connectivity index (χ1) is 11.2. The minimum absolute atomic E-state index is 0.451. The summed E-state index contributed by atoms with van der Waals surface area (Å²) < 4.78 is 10.3. The van der Waals surface area contributed by atoms with Gasteiger partial charge in [-0.3, -0.25) is 0 Å². The fourth-order valence-corrected chi connectivity index (χ4v) is 2.44. The van der Waals surface area contributed by atoms with Gasteiger partial charge in [0.05, 0.1) is 6.61 Å². The second-order valence-corrected chi connectivity index (χ2v) is 5.51. The van der Waals surface area contributed by atoms with Gasteiger partial charge in [-0.25, -0.2) is 4.79 Å². The van der Waals surface area contributed by atoms with Gasteiger partial charge in [0.25, 0.3) is 0 Å². The molecule has 0 N–H and O–H groups in total. The quantitative estimate of drug-likeness (QED) is 0.232. The Bertz CT molecular complexity index is 633. The second-order valence-electron chi connectivity index (χ2n) is 4.94. The van der Waals surface area contributed by atoms with Gasteiger partial charge in [0, 0.05) is 12.3 Å². The summed E-state index contributed by atoms with van der Waals surface area (Å²) in [7, 11) is 0. The van der Waals surface area contributed by atoms with E-state index < -0.39 is 5.97 Å². The molecule has 2 rings (SSSR count). The van der Waals surface area contributed by atoms with Crippen molar-refractivity contribution in [3.63, 3.8) is 0 Å². The number of carbonyl (C=O) groups excluding carboxylic acids is 1. The number of esters is 1. The van der Waals surface area contributed by atoms with Crippen molar-refractivity contribution < 1.29 is 13.7 Å². The first kappa shape index (κ1) is 17.3. The van der Waals surface area contributed by atoms with Crippen LogP contribution in [-0.2, 0) is 15.4 Å². The van der Waals surface area contributed by atoms with Gasteiger partial charge in [0.15, 0.2) is 0 Å². The molecule has 2 aromatic carbocycles. The highest BCUT2D eigenvalue weighted by Crippen LogP contribution is 2.23. The molecule has 0 fully saturated rings. The molecule has 0 saturated heterocycles. The van der Waals surface area contributed by atoms with Crippen LogP contribution in [0.2, 0.25) is 0 Å². The number of hydrogen-bond donors (Lipinski definition) is 0. The third-order valence-corrected chi connectivity index (χ3v) is 3.74. The molecule has 0 aliphatic heterocycles. The van der Waals surface area contributed by atoms with Crippen molar-refractivity contribution in [2.45, 2.75) is 12.8 Å². The van der Waals surface area contributed by atoms with E-state index in [1.54, 1.807) is 12.1 Å². The maximum Gasteiger partial charge on any atom is 0.335 e. The van der Waals surface area contributed by atoms with Crippen LogP contribution in [0.4, 0.5) is 0 Å². The zero-order chi connectivity index (χ0) is 16.5. The van der Waals surface area contributed by atoms with Gasteiger partial charge < -0.3 is 8.92 Å². The molecule has 0 aliphatic carbocycles. The van der Waals surface area contributed by atoms with Crippen LogP contribution in [-0.4, -0.2) is 18.8 Å². The lowest BCUT2D eigenvalue weighted by atomic mass is 10.0. The van der Waals surface area contributed by atoms with E-state index in [1.165, 1.54) is 17.6 Å². The highest BCUT2D eigenvalue weighted by Gasteiger charge is 2.02. The lowest BCUT2D eigenvalue weighted by molar-refractivity contribution is -0.128. The fourth-order valence-electron chi connectivity index (χ4n) is 2.16. The van der Waals surface area contributed by atoms with Gasteiger partial charge >= 0.3 is 5.97 Å². The van der Waals surface area contributed by atoms with Crippen molar-refractivity contribution in [2.24, 2.45) is 0 Å². The van der Waals surface area contributed by atoms with Crippen LogP contribution in [0.5, 0.6) is 5.75 Å². The van der Waals surface area contributed by atoms with E-state index in [0.717, 1.165) is 36.7 Å². The molecule has 0 aliphatic rings. The van der Waals surface area contributed by atoms with Crippen LogP contribution in [0.15, 0.2) is 61.2 Å². The first-order valence-corrected chi connectivity index (χ1v) is 8.57. The van der Waals surface area contributed by atoms with E-state index in [9.17, 15) is 4.79 Å². The van der Waals surface area contributed by atoms with Gasteiger partial charge in [-0.15, -0.1) is 0 Å². The van der Waals surface area contributed by atoms with Crippen LogP contribution < -0.4 is 4.74 Å². The monoisotopic (exact) mass is 328 g/mol. The summed E-state index contributed by atoms with van der Waals surface area (Å²) >= 11 is 1.41. The molecule has 0 aromatic heterocycles. The Morgan fingerprint density at radius 1 is 1.09 bits per heavy atom. The van der Waals surface area contributed by atoms with E-state index in [2.05, 4.69) is 30.8 Å². The Morgan fingerprint density at radius 3 is 2.26 bits per heavy atom. The van der Waals surface area contributed by atoms with E-state index in [4.69, 9.17) is 8.92 Å². The van der Waals surface area contributed by atoms with Crippen molar-refractivity contribution in [1.82, 2.24) is 0 Å². The van der Waals surface area contributed by atoms with E-state index in [1.807, 2.05) is 18.4 Å². The van der Waals surface area contributed by atoms with Gasteiger partial charge in [0.1, 0.15) is 5.75 Å². The number of benzene rings is 2. The molecule has 0 amide bonds. The minimum Gasteiger partial charge on any atom is -0.423 e. The first-order valence-electron chi connectivity index (χ1n) is 7.42. The van der Waals surface area contributed by atoms with E-state index in [-0.39, 0.29) is 0 Å². The van der Waals surface area contributed by atoms with Gasteiger partial charge in [-0.05, 0) is 53.7 Å². The molecule has 0 unspecified atom stereocenters. The lowest BCUT2D eigenvalue weighted by Crippen LogP contribution is -2.02. The summed E-state index contributed by atoms with van der Waals surface area (Å²) in [6.07, 6.45) is 5.11. The molecule has 0 radical (unpaired) electrons. The summed E-state index contributed by atoms with van der Waals surface area (Å²) in [5, 5.41) is 0. The SMILES string of the molecule is C=CC(=O)Oc1ccc(-c2ccc(CCCOSC)cc2)cc1. The maximum atomic E-state index is 11.2. The summed E-state index contributed by atoms with van der Waals surface area (Å²) in [5.74, 6) is 0.0663. The van der Waals surface area contributed by atoms with E-state index >= 15 is 0 Å². The van der Waals surface area contributed by atoms with E-state index in [0.29, 0.717) is 5.75 Å². The third kappa shape index (κ3) is 5.58. The topological polar surface area (TPSA) is 35.5 Å². The standard InChI is InChI=1S/C19H20O3S/c1-3-19(20)22-18-12-10-17(11-13-18)16-8-6-15(7-9-16)5-4-14-21-23-2/h3,6-13H,1,4-5,14H2,2H3. The molecule has 0 atom stereocenters. The molecule has 0 saturated carbocycles. The van der Waals surface area contributed by atoms with Crippen LogP contribution >= 0.6 is 12.0 Å². The average Bonchev–Trinajstić information content (AvgIpc) is 2.60. The molecule has 3 nitrogen and oxygen atoms in total. The Hall–Kier alpha value is -2.04. The summed E-state index contributed by atoms with van der Waals surface area (Å²) in [6, 6.07) is 15.9. The Balaban J connectivity index is 1.96. The largest absolute Gasteiger partial charge is 0.423 e. The number of aryl methyl sites for hydroxylation is 1. The van der Waals surface area contributed by atoms with Crippen LogP contribution in [0.3, 0.4) is 0 Å². The number of carbonyl (C=O) groups is 1. The fraction of sp³-hybridized carbons (Fsp3) is 0.211. The van der Waals surface area contributed by atoms with Crippen molar-refractivity contribution >= 4 is 18.0 Å². The highest BCUT2D eigenvalue weighted by molar-refractivity contribution is 7.93. The second kappa shape index (κ2) is 9.18. The Kier molecular flexibility index (Phi) is 6.91. The molecular weight excluding hydrogens is 308 g/mol. The predicted molar refractivity (Wildman–Crippen MR) is 95.5 cm³/mol. The number of rotatable bonds is 8. The van der Waals surface area contributed by atoms with Crippen molar-refractivity contribution in [2.75, 3.05) is 12.9 Å². The van der Waals surface area contributed by atoms with Crippen molar-refractivity contribution in [3.05, 3.63) is 66.7 Å². The smallest absolute Gasteiger partial charge is 0.335 e. The zero-order valence-electron chi connectivity index (χ0n) is 13.2. The number of hydrogen-bond acceptors (Lipinski definition) is 4. The molecule has 0 bridgehead atoms. The normalized spacial score (nSPS) is 10.3.